The Morgan fingerprint density at radius 3 is 2.46 bits per heavy atom. The smallest absolute Gasteiger partial charge is 0.280 e. The molecule has 7 atom stereocenters. The maximum atomic E-state index is 13.1. The molecule has 0 spiro atoms. The number of aliphatic imine (C=N–C) groups is 1. The van der Waals surface area contributed by atoms with E-state index in [4.69, 9.17) is 30.0 Å². The minimum absolute atomic E-state index is 0.0108. The van der Waals surface area contributed by atoms with E-state index in [9.17, 15) is 4.79 Å². The molecule has 1 aliphatic carbocycles. The standard InChI is InChI=1S/C39H51N6O5PS2Si/c1-26(2)27-19-20-39(6)32(21-27)50-51(52,53-39)49-30-22-33(45-25-40-34-35(45)42-37(43-36(34)46)41-24-44(7)8)48-31(30)23-47-54(38(3,4)5,28-15-11-9-12-16-28)29-17-13-10-14-18-29/h9-18,24-25,27,30-33H,1,19-23H2,2-8H3,(H,42,43,46)/t27-,30-,31+,32+,33+,39+,51?/m0/s1. The number of nitrogens with zero attached hydrogens (tertiary/aromatic N) is 5. The Kier molecular flexibility index (Phi) is 11.1. The third-order valence-corrected chi connectivity index (χ3v) is 21.7. The molecule has 2 aromatic heterocycles. The predicted molar refractivity (Wildman–Crippen MR) is 224 cm³/mol. The van der Waals surface area contributed by atoms with Crippen molar-refractivity contribution in [1.29, 1.82) is 0 Å². The molecule has 4 aromatic rings. The summed E-state index contributed by atoms with van der Waals surface area (Å²) in [6, 6.07) is 21.1. The van der Waals surface area contributed by atoms with Crippen molar-refractivity contribution in [3.8, 4) is 0 Å². The quantitative estimate of drug-likeness (QED) is 0.0555. The molecule has 1 N–H and O–H groups in total. The number of H-pyrrole nitrogens is 1. The van der Waals surface area contributed by atoms with Crippen molar-refractivity contribution in [2.45, 2.75) is 94.6 Å². The first-order chi connectivity index (χ1) is 25.6. The molecule has 11 nitrogen and oxygen atoms in total. The second kappa shape index (κ2) is 15.2. The van der Waals surface area contributed by atoms with Crippen molar-refractivity contribution in [2.24, 2.45) is 10.9 Å². The van der Waals surface area contributed by atoms with Gasteiger partial charge in [-0.1, -0.05) is 105 Å². The van der Waals surface area contributed by atoms with Gasteiger partial charge in [-0.3, -0.25) is 14.3 Å². The van der Waals surface area contributed by atoms with Crippen LogP contribution in [0.25, 0.3) is 11.2 Å². The van der Waals surface area contributed by atoms with E-state index in [0.717, 1.165) is 19.3 Å². The third-order valence-electron chi connectivity index (χ3n) is 10.9. The summed E-state index contributed by atoms with van der Waals surface area (Å²) in [5.74, 6) is 0.588. The molecule has 7 rings (SSSR count). The molecule has 3 aliphatic rings. The van der Waals surface area contributed by atoms with E-state index in [-0.39, 0.29) is 39.5 Å². The molecule has 0 radical (unpaired) electrons. The minimum Gasteiger partial charge on any atom is -0.405 e. The number of ether oxygens (including phenoxy) is 1. The number of aromatic amines is 1. The van der Waals surface area contributed by atoms with Gasteiger partial charge in [-0.2, -0.15) is 4.98 Å². The molecule has 54 heavy (non-hydrogen) atoms. The fraction of sp³-hybridized carbons (Fsp3) is 0.487. The Balaban J connectivity index is 1.25. The van der Waals surface area contributed by atoms with Crippen molar-refractivity contribution in [1.82, 2.24) is 24.4 Å². The van der Waals surface area contributed by atoms with Crippen LogP contribution >= 0.6 is 17.1 Å². The van der Waals surface area contributed by atoms with Crippen molar-refractivity contribution >= 4 is 71.0 Å². The van der Waals surface area contributed by atoms with Crippen LogP contribution < -0.4 is 15.9 Å². The molecule has 1 saturated carbocycles. The first-order valence-corrected chi connectivity index (χ1v) is 24.5. The van der Waals surface area contributed by atoms with E-state index in [0.29, 0.717) is 18.0 Å². The Labute approximate surface area is 328 Å². The van der Waals surface area contributed by atoms with Crippen LogP contribution in [-0.2, 0) is 30.0 Å². The number of aromatic nitrogens is 4. The van der Waals surface area contributed by atoms with Crippen molar-refractivity contribution in [3.05, 3.63) is 89.5 Å². The van der Waals surface area contributed by atoms with Gasteiger partial charge < -0.3 is 23.1 Å². The average Bonchev–Trinajstić information content (AvgIpc) is 3.80. The van der Waals surface area contributed by atoms with Crippen molar-refractivity contribution in [3.63, 3.8) is 0 Å². The summed E-state index contributed by atoms with van der Waals surface area (Å²) >= 11 is 8.04. The Morgan fingerprint density at radius 2 is 1.85 bits per heavy atom. The molecule has 0 amide bonds. The van der Waals surface area contributed by atoms with E-state index >= 15 is 0 Å². The zero-order valence-electron chi connectivity index (χ0n) is 32.1. The second-order valence-corrected chi connectivity index (χ2v) is 27.0. The van der Waals surface area contributed by atoms with Gasteiger partial charge in [-0.15, -0.1) is 0 Å². The lowest BCUT2D eigenvalue weighted by atomic mass is 9.77. The number of fused-ring (bicyclic) bond motifs is 2. The summed E-state index contributed by atoms with van der Waals surface area (Å²) in [4.78, 5) is 31.1. The molecule has 2 saturated heterocycles. The number of allylic oxidation sites excluding steroid dienone is 1. The van der Waals surface area contributed by atoms with Crippen LogP contribution in [0.3, 0.4) is 0 Å². The summed E-state index contributed by atoms with van der Waals surface area (Å²) in [7, 11) is 0.772. The van der Waals surface area contributed by atoms with Crippen LogP contribution in [0.1, 0.15) is 66.5 Å². The van der Waals surface area contributed by atoms with Gasteiger partial charge in [0.2, 0.25) is 11.6 Å². The highest BCUT2D eigenvalue weighted by Gasteiger charge is 2.56. The molecule has 2 aliphatic heterocycles. The van der Waals surface area contributed by atoms with Crippen molar-refractivity contribution < 1.29 is 18.2 Å². The SMILES string of the molecule is C=C(C)[C@H]1CC[C@@]2(C)SP(=S)(O[C@H]3C[C@H](n4cnc5c(=O)[nH]c(N=CN(C)C)nc54)O[C@@H]3CO[Si](c3ccccc3)(c3ccccc3)C(C)(C)C)O[C@@H]2C1. The highest BCUT2D eigenvalue weighted by molar-refractivity contribution is 8.68. The molecule has 2 aromatic carbocycles. The fourth-order valence-corrected chi connectivity index (χ4v) is 20.2. The lowest BCUT2D eigenvalue weighted by Gasteiger charge is -2.43. The van der Waals surface area contributed by atoms with E-state index < -0.39 is 32.4 Å². The number of hydrogen-bond acceptors (Lipinski definition) is 10. The highest BCUT2D eigenvalue weighted by Crippen LogP contribution is 2.76. The van der Waals surface area contributed by atoms with E-state index in [1.807, 2.05) is 26.2 Å². The van der Waals surface area contributed by atoms with Crippen LogP contribution in [0.4, 0.5) is 5.95 Å². The van der Waals surface area contributed by atoms with Crippen LogP contribution in [-0.4, -0.2) is 82.8 Å². The zero-order valence-corrected chi connectivity index (χ0v) is 35.6. The second-order valence-electron chi connectivity index (χ2n) is 16.2. The van der Waals surface area contributed by atoms with Crippen LogP contribution in [0, 0.1) is 5.92 Å². The van der Waals surface area contributed by atoms with Gasteiger partial charge in [-0.05, 0) is 66.2 Å². The predicted octanol–water partition coefficient (Wildman–Crippen LogP) is 7.08. The lowest BCUT2D eigenvalue weighted by Crippen LogP contribution is -2.67. The first kappa shape index (κ1) is 39.3. The summed E-state index contributed by atoms with van der Waals surface area (Å²) < 4.78 is 29.9. The van der Waals surface area contributed by atoms with Gasteiger partial charge in [0.15, 0.2) is 11.2 Å². The third kappa shape index (κ3) is 7.60. The maximum Gasteiger partial charge on any atom is 0.280 e. The molecule has 15 heteroatoms. The number of imidazole rings is 1. The number of benzene rings is 2. The summed E-state index contributed by atoms with van der Waals surface area (Å²) in [5, 5.41) is 2.12. The first-order valence-electron chi connectivity index (χ1n) is 18.5. The molecule has 0 bridgehead atoms. The van der Waals surface area contributed by atoms with Gasteiger partial charge in [-0.25, -0.2) is 9.98 Å². The van der Waals surface area contributed by atoms with Gasteiger partial charge >= 0.3 is 0 Å². The molecule has 1 unspecified atom stereocenters. The minimum atomic E-state index is -2.92. The van der Waals surface area contributed by atoms with E-state index in [1.165, 1.54) is 15.9 Å². The Morgan fingerprint density at radius 1 is 1.19 bits per heavy atom. The van der Waals surface area contributed by atoms with Gasteiger partial charge in [0.1, 0.15) is 12.3 Å². The van der Waals surface area contributed by atoms with Crippen LogP contribution in [0.15, 0.2) is 88.9 Å². The molecule has 288 valence electrons. The Bertz CT molecular complexity index is 2090. The zero-order chi connectivity index (χ0) is 38.5. The number of rotatable bonds is 11. The van der Waals surface area contributed by atoms with Gasteiger partial charge in [0.25, 0.3) is 13.9 Å². The topological polar surface area (TPSA) is 116 Å². The number of hydrogen-bond donors (Lipinski definition) is 1. The summed E-state index contributed by atoms with van der Waals surface area (Å²) in [6.07, 6.45) is 5.03. The van der Waals surface area contributed by atoms with Gasteiger partial charge in [0, 0.05) is 25.3 Å². The van der Waals surface area contributed by atoms with Crippen LogP contribution in [0.5, 0.6) is 0 Å². The highest BCUT2D eigenvalue weighted by atomic mass is 32.9. The molecular weight excluding hydrogens is 756 g/mol. The van der Waals surface area contributed by atoms with Gasteiger partial charge in [0.05, 0.1) is 31.5 Å². The largest absolute Gasteiger partial charge is 0.405 e. The monoisotopic (exact) mass is 806 g/mol. The maximum absolute atomic E-state index is 13.1. The molecule has 4 heterocycles. The normalized spacial score (nSPS) is 28.8. The lowest BCUT2D eigenvalue weighted by molar-refractivity contribution is -0.0364. The fourth-order valence-electron chi connectivity index (χ4n) is 8.06. The van der Waals surface area contributed by atoms with Crippen LogP contribution in [0.2, 0.25) is 5.04 Å². The number of nitrogens with one attached hydrogen (secondary N) is 1. The van der Waals surface area contributed by atoms with E-state index in [2.05, 4.69) is 110 Å². The summed E-state index contributed by atoms with van der Waals surface area (Å²) in [6.45, 7) is 15.7. The summed E-state index contributed by atoms with van der Waals surface area (Å²) in [5.41, 5.74) is -1.41. The molecular formula is C39H51N6O5PS2Si. The Hall–Kier alpha value is -2.94. The average molecular weight is 807 g/mol. The molecule has 3 fully saturated rings. The van der Waals surface area contributed by atoms with E-state index in [1.54, 1.807) is 33.5 Å². The van der Waals surface area contributed by atoms with Crippen molar-refractivity contribution in [2.75, 3.05) is 20.7 Å².